The lowest BCUT2D eigenvalue weighted by molar-refractivity contribution is 0.108. The van der Waals surface area contributed by atoms with Gasteiger partial charge in [0.25, 0.3) is 0 Å². The molecule has 0 aliphatic heterocycles. The minimum Gasteiger partial charge on any atom is -0.494 e. The molecule has 1 rings (SSSR count). The Morgan fingerprint density at radius 1 is 1.14 bits per heavy atom. The molecule has 3 nitrogen and oxygen atoms in total. The van der Waals surface area contributed by atoms with Gasteiger partial charge in [-0.1, -0.05) is 26.8 Å². The van der Waals surface area contributed by atoms with Crippen LogP contribution in [-0.2, 0) is 11.3 Å². The molecular formula is C18H31NO2. The van der Waals surface area contributed by atoms with Crippen LogP contribution in [0.2, 0.25) is 0 Å². The van der Waals surface area contributed by atoms with E-state index in [1.807, 2.05) is 6.92 Å². The number of rotatable bonds is 10. The number of ether oxygens (including phenoxy) is 2. The van der Waals surface area contributed by atoms with Crippen molar-refractivity contribution in [3.63, 3.8) is 0 Å². The van der Waals surface area contributed by atoms with E-state index < -0.39 is 0 Å². The van der Waals surface area contributed by atoms with Crippen LogP contribution < -0.4 is 10.1 Å². The number of nitrogens with one attached hydrogen (secondary N) is 1. The maximum Gasteiger partial charge on any atom is 0.124 e. The van der Waals surface area contributed by atoms with Crippen LogP contribution in [0.1, 0.15) is 58.2 Å². The van der Waals surface area contributed by atoms with Gasteiger partial charge in [-0.3, -0.25) is 0 Å². The Kier molecular flexibility index (Phi) is 8.40. The molecule has 0 amide bonds. The van der Waals surface area contributed by atoms with Crippen molar-refractivity contribution in [2.45, 2.75) is 53.7 Å². The maximum absolute atomic E-state index is 5.81. The van der Waals surface area contributed by atoms with Gasteiger partial charge in [0.15, 0.2) is 0 Å². The summed E-state index contributed by atoms with van der Waals surface area (Å²) in [5.74, 6) is 1.62. The zero-order chi connectivity index (χ0) is 15.7. The quantitative estimate of drug-likeness (QED) is 0.652. The Morgan fingerprint density at radius 2 is 1.90 bits per heavy atom. The molecule has 21 heavy (non-hydrogen) atoms. The molecule has 1 aromatic rings. The smallest absolute Gasteiger partial charge is 0.124 e. The predicted molar refractivity (Wildman–Crippen MR) is 88.8 cm³/mol. The van der Waals surface area contributed by atoms with Crippen LogP contribution in [0.4, 0.5) is 0 Å². The molecule has 0 saturated heterocycles. The minimum absolute atomic E-state index is 0.347. The lowest BCUT2D eigenvalue weighted by Crippen LogP contribution is -2.18. The minimum atomic E-state index is 0.347. The molecule has 1 N–H and O–H groups in total. The first-order valence-corrected chi connectivity index (χ1v) is 8.15. The number of benzene rings is 1. The number of hydrogen-bond acceptors (Lipinski definition) is 3. The van der Waals surface area contributed by atoms with Gasteiger partial charge in [0.05, 0.1) is 13.2 Å². The molecule has 0 aliphatic rings. The van der Waals surface area contributed by atoms with Crippen LogP contribution in [0.15, 0.2) is 18.2 Å². The molecule has 0 heterocycles. The lowest BCUT2D eigenvalue weighted by atomic mass is 10.0. The third kappa shape index (κ3) is 6.49. The van der Waals surface area contributed by atoms with Crippen LogP contribution in [0.3, 0.4) is 0 Å². The highest BCUT2D eigenvalue weighted by molar-refractivity contribution is 5.38. The molecule has 0 aromatic heterocycles. The summed E-state index contributed by atoms with van der Waals surface area (Å²) < 4.78 is 11.5. The van der Waals surface area contributed by atoms with Crippen molar-refractivity contribution < 1.29 is 9.47 Å². The molecule has 0 aliphatic carbocycles. The highest BCUT2D eigenvalue weighted by Crippen LogP contribution is 2.24. The van der Waals surface area contributed by atoms with E-state index in [2.05, 4.69) is 51.2 Å². The Balaban J connectivity index is 2.73. The average molecular weight is 293 g/mol. The molecule has 1 aromatic carbocycles. The van der Waals surface area contributed by atoms with Crippen molar-refractivity contribution in [3.8, 4) is 5.75 Å². The summed E-state index contributed by atoms with van der Waals surface area (Å²) >= 11 is 0. The molecule has 0 radical (unpaired) electrons. The van der Waals surface area contributed by atoms with Crippen LogP contribution in [0, 0.1) is 5.92 Å². The second-order valence-corrected chi connectivity index (χ2v) is 5.81. The SMILES string of the molecule is CCNC(C)c1ccc(OCC)c(COCCC(C)C)c1. The zero-order valence-corrected chi connectivity index (χ0v) is 14.2. The normalized spacial score (nSPS) is 12.7. The fourth-order valence-corrected chi connectivity index (χ4v) is 2.20. The van der Waals surface area contributed by atoms with Crippen molar-refractivity contribution >= 4 is 0 Å². The Labute approximate surface area is 130 Å². The van der Waals surface area contributed by atoms with Crippen LogP contribution >= 0.6 is 0 Å². The summed E-state index contributed by atoms with van der Waals surface area (Å²) in [4.78, 5) is 0. The van der Waals surface area contributed by atoms with E-state index in [1.54, 1.807) is 0 Å². The van der Waals surface area contributed by atoms with Gasteiger partial charge in [-0.25, -0.2) is 0 Å². The van der Waals surface area contributed by atoms with Gasteiger partial charge in [-0.15, -0.1) is 0 Å². The Morgan fingerprint density at radius 3 is 2.52 bits per heavy atom. The third-order valence-electron chi connectivity index (χ3n) is 3.49. The van der Waals surface area contributed by atoms with E-state index in [1.165, 1.54) is 5.56 Å². The third-order valence-corrected chi connectivity index (χ3v) is 3.49. The average Bonchev–Trinajstić information content (AvgIpc) is 2.45. The van der Waals surface area contributed by atoms with Gasteiger partial charge in [-0.2, -0.15) is 0 Å². The fourth-order valence-electron chi connectivity index (χ4n) is 2.20. The molecule has 1 unspecified atom stereocenters. The summed E-state index contributed by atoms with van der Waals surface area (Å²) in [5, 5.41) is 3.44. The van der Waals surface area contributed by atoms with Crippen molar-refractivity contribution in [2.24, 2.45) is 5.92 Å². The standard InChI is InChI=1S/C18H31NO2/c1-6-19-15(5)16-8-9-18(21-7-2)17(12-16)13-20-11-10-14(3)4/h8-9,12,14-15,19H,6-7,10-11,13H2,1-5H3. The largest absolute Gasteiger partial charge is 0.494 e. The highest BCUT2D eigenvalue weighted by atomic mass is 16.5. The van der Waals surface area contributed by atoms with Crippen molar-refractivity contribution in [3.05, 3.63) is 29.3 Å². The van der Waals surface area contributed by atoms with E-state index in [4.69, 9.17) is 9.47 Å². The van der Waals surface area contributed by atoms with E-state index in [0.717, 1.165) is 30.9 Å². The first-order valence-electron chi connectivity index (χ1n) is 8.15. The van der Waals surface area contributed by atoms with Gasteiger partial charge in [0, 0.05) is 18.2 Å². The Bertz CT molecular complexity index is 404. The summed E-state index contributed by atoms with van der Waals surface area (Å²) in [6.07, 6.45) is 1.09. The highest BCUT2D eigenvalue weighted by Gasteiger charge is 2.09. The zero-order valence-electron chi connectivity index (χ0n) is 14.2. The van der Waals surface area contributed by atoms with Gasteiger partial charge in [-0.05, 0) is 50.4 Å². The summed E-state index contributed by atoms with van der Waals surface area (Å²) in [5.41, 5.74) is 2.42. The second kappa shape index (κ2) is 9.80. The molecule has 0 spiro atoms. The van der Waals surface area contributed by atoms with E-state index >= 15 is 0 Å². The summed E-state index contributed by atoms with van der Waals surface area (Å²) in [7, 11) is 0. The predicted octanol–water partition coefficient (Wildman–Crippen LogP) is 4.32. The van der Waals surface area contributed by atoms with Crippen LogP contribution in [-0.4, -0.2) is 19.8 Å². The molecule has 120 valence electrons. The summed E-state index contributed by atoms with van der Waals surface area (Å²) in [6, 6.07) is 6.75. The molecular weight excluding hydrogens is 262 g/mol. The summed E-state index contributed by atoms with van der Waals surface area (Å²) in [6.45, 7) is 13.8. The second-order valence-electron chi connectivity index (χ2n) is 5.81. The van der Waals surface area contributed by atoms with Crippen LogP contribution in [0.5, 0.6) is 5.75 Å². The molecule has 0 fully saturated rings. The van der Waals surface area contributed by atoms with E-state index in [9.17, 15) is 0 Å². The van der Waals surface area contributed by atoms with Gasteiger partial charge < -0.3 is 14.8 Å². The molecule has 0 bridgehead atoms. The fraction of sp³-hybridized carbons (Fsp3) is 0.667. The topological polar surface area (TPSA) is 30.5 Å². The van der Waals surface area contributed by atoms with Crippen molar-refractivity contribution in [1.29, 1.82) is 0 Å². The van der Waals surface area contributed by atoms with Crippen molar-refractivity contribution in [1.82, 2.24) is 5.32 Å². The monoisotopic (exact) mass is 293 g/mol. The first-order chi connectivity index (χ1) is 10.1. The Hall–Kier alpha value is -1.06. The number of hydrogen-bond donors (Lipinski definition) is 1. The van der Waals surface area contributed by atoms with Crippen molar-refractivity contribution in [2.75, 3.05) is 19.8 Å². The van der Waals surface area contributed by atoms with Crippen LogP contribution in [0.25, 0.3) is 0 Å². The van der Waals surface area contributed by atoms with E-state index in [0.29, 0.717) is 25.2 Å². The maximum atomic E-state index is 5.81. The first kappa shape index (κ1) is 18.0. The van der Waals surface area contributed by atoms with Gasteiger partial charge in [0.1, 0.15) is 5.75 Å². The molecule has 1 atom stereocenters. The van der Waals surface area contributed by atoms with Gasteiger partial charge >= 0.3 is 0 Å². The van der Waals surface area contributed by atoms with Gasteiger partial charge in [0.2, 0.25) is 0 Å². The lowest BCUT2D eigenvalue weighted by Gasteiger charge is -2.17. The molecule has 3 heteroatoms. The molecule has 0 saturated carbocycles. The van der Waals surface area contributed by atoms with E-state index in [-0.39, 0.29) is 0 Å².